The van der Waals surface area contributed by atoms with Crippen LogP contribution in [0.5, 0.6) is 0 Å². The zero-order valence-electron chi connectivity index (χ0n) is 11.0. The Balaban J connectivity index is 1.57. The van der Waals surface area contributed by atoms with Crippen LogP contribution in [0.4, 0.5) is 0 Å². The minimum atomic E-state index is 0.0587. The molecule has 0 unspecified atom stereocenters. The monoisotopic (exact) mass is 262 g/mol. The fourth-order valence-electron chi connectivity index (χ4n) is 1.78. The number of rotatable bonds is 7. The first kappa shape index (κ1) is 13.3. The fraction of sp³-hybridized carbons (Fsp3) is 0.462. The largest absolute Gasteiger partial charge is 0.466 e. The predicted octanol–water partition coefficient (Wildman–Crippen LogP) is 1.32. The molecule has 0 aliphatic heterocycles. The van der Waals surface area contributed by atoms with Gasteiger partial charge in [0.15, 0.2) is 0 Å². The lowest BCUT2D eigenvalue weighted by Crippen LogP contribution is -2.25. The van der Waals surface area contributed by atoms with Gasteiger partial charge in [-0.15, -0.1) is 0 Å². The zero-order chi connectivity index (χ0) is 13.5. The van der Waals surface area contributed by atoms with Crippen LogP contribution in [0.25, 0.3) is 0 Å². The molecule has 0 atom stereocenters. The fourth-order valence-corrected chi connectivity index (χ4v) is 1.78. The SMILES string of the molecule is Cc1ccc(CCNC(=O)CCCn2cncn2)o1. The molecule has 2 aromatic rings. The van der Waals surface area contributed by atoms with E-state index in [4.69, 9.17) is 4.42 Å². The van der Waals surface area contributed by atoms with Crippen molar-refractivity contribution in [2.45, 2.75) is 32.7 Å². The number of aromatic nitrogens is 3. The van der Waals surface area contributed by atoms with Gasteiger partial charge in [0.2, 0.25) is 5.91 Å². The van der Waals surface area contributed by atoms with E-state index in [1.807, 2.05) is 19.1 Å². The molecular formula is C13H18N4O2. The lowest BCUT2D eigenvalue weighted by Gasteiger charge is -2.04. The second-order valence-corrected chi connectivity index (χ2v) is 4.37. The Bertz CT molecular complexity index is 504. The van der Waals surface area contributed by atoms with Crippen molar-refractivity contribution in [1.82, 2.24) is 20.1 Å². The van der Waals surface area contributed by atoms with Gasteiger partial charge in [-0.2, -0.15) is 5.10 Å². The summed E-state index contributed by atoms with van der Waals surface area (Å²) in [7, 11) is 0. The summed E-state index contributed by atoms with van der Waals surface area (Å²) in [5.41, 5.74) is 0. The summed E-state index contributed by atoms with van der Waals surface area (Å²) in [5.74, 6) is 1.86. The molecule has 0 aromatic carbocycles. The van der Waals surface area contributed by atoms with Crippen molar-refractivity contribution in [3.05, 3.63) is 36.3 Å². The van der Waals surface area contributed by atoms with Crippen LogP contribution >= 0.6 is 0 Å². The highest BCUT2D eigenvalue weighted by Crippen LogP contribution is 2.06. The number of amides is 1. The van der Waals surface area contributed by atoms with Crippen molar-refractivity contribution in [2.24, 2.45) is 0 Å². The quantitative estimate of drug-likeness (QED) is 0.816. The second-order valence-electron chi connectivity index (χ2n) is 4.37. The Hall–Kier alpha value is -2.11. The van der Waals surface area contributed by atoms with Crippen molar-refractivity contribution in [2.75, 3.05) is 6.54 Å². The molecular weight excluding hydrogens is 244 g/mol. The highest BCUT2D eigenvalue weighted by Gasteiger charge is 2.03. The summed E-state index contributed by atoms with van der Waals surface area (Å²) in [6.07, 6.45) is 5.12. The summed E-state index contributed by atoms with van der Waals surface area (Å²) < 4.78 is 7.15. The van der Waals surface area contributed by atoms with Crippen molar-refractivity contribution in [3.63, 3.8) is 0 Å². The molecule has 2 aromatic heterocycles. The number of carbonyl (C=O) groups is 1. The molecule has 19 heavy (non-hydrogen) atoms. The maximum absolute atomic E-state index is 11.6. The standard InChI is InChI=1S/C13H18N4O2/c1-11-4-5-12(19-11)6-7-15-13(18)3-2-8-17-10-14-9-16-17/h4-5,9-10H,2-3,6-8H2,1H3,(H,15,18). The van der Waals surface area contributed by atoms with E-state index in [0.717, 1.165) is 24.4 Å². The van der Waals surface area contributed by atoms with Crippen LogP contribution in [-0.4, -0.2) is 27.2 Å². The molecule has 0 spiro atoms. The van der Waals surface area contributed by atoms with Crippen LogP contribution in [0.1, 0.15) is 24.4 Å². The number of nitrogens with zero attached hydrogens (tertiary/aromatic N) is 3. The first-order valence-corrected chi connectivity index (χ1v) is 6.38. The molecule has 0 fully saturated rings. The second kappa shape index (κ2) is 6.72. The van der Waals surface area contributed by atoms with Crippen molar-refractivity contribution >= 4 is 5.91 Å². The maximum atomic E-state index is 11.6. The lowest BCUT2D eigenvalue weighted by molar-refractivity contribution is -0.121. The number of furan rings is 1. The lowest BCUT2D eigenvalue weighted by atomic mass is 10.3. The Labute approximate surface area is 111 Å². The smallest absolute Gasteiger partial charge is 0.220 e. The molecule has 0 radical (unpaired) electrons. The summed E-state index contributed by atoms with van der Waals surface area (Å²) in [6, 6.07) is 3.86. The molecule has 0 saturated carbocycles. The minimum Gasteiger partial charge on any atom is -0.466 e. The average molecular weight is 262 g/mol. The molecule has 0 bridgehead atoms. The molecule has 0 saturated heterocycles. The van der Waals surface area contributed by atoms with Gasteiger partial charge in [0.05, 0.1) is 0 Å². The summed E-state index contributed by atoms with van der Waals surface area (Å²) >= 11 is 0. The predicted molar refractivity (Wildman–Crippen MR) is 69.4 cm³/mol. The van der Waals surface area contributed by atoms with Crippen LogP contribution in [-0.2, 0) is 17.8 Å². The van der Waals surface area contributed by atoms with Gasteiger partial charge in [-0.05, 0) is 25.5 Å². The first-order valence-electron chi connectivity index (χ1n) is 6.38. The van der Waals surface area contributed by atoms with Gasteiger partial charge >= 0.3 is 0 Å². The highest BCUT2D eigenvalue weighted by molar-refractivity contribution is 5.75. The van der Waals surface area contributed by atoms with Crippen LogP contribution in [0.2, 0.25) is 0 Å². The van der Waals surface area contributed by atoms with E-state index in [9.17, 15) is 4.79 Å². The summed E-state index contributed by atoms with van der Waals surface area (Å²) in [5, 5.41) is 6.85. The molecule has 102 valence electrons. The van der Waals surface area contributed by atoms with E-state index in [1.165, 1.54) is 6.33 Å². The van der Waals surface area contributed by atoms with Gasteiger partial charge in [-0.25, -0.2) is 4.98 Å². The molecule has 1 amide bonds. The Morgan fingerprint density at radius 1 is 1.47 bits per heavy atom. The normalized spacial score (nSPS) is 10.6. The molecule has 2 heterocycles. The van der Waals surface area contributed by atoms with Crippen LogP contribution < -0.4 is 5.32 Å². The molecule has 6 nitrogen and oxygen atoms in total. The summed E-state index contributed by atoms with van der Waals surface area (Å²) in [4.78, 5) is 15.4. The van der Waals surface area contributed by atoms with Crippen molar-refractivity contribution in [1.29, 1.82) is 0 Å². The number of carbonyl (C=O) groups excluding carboxylic acids is 1. The maximum Gasteiger partial charge on any atom is 0.220 e. The van der Waals surface area contributed by atoms with E-state index in [2.05, 4.69) is 15.4 Å². The van der Waals surface area contributed by atoms with E-state index >= 15 is 0 Å². The van der Waals surface area contributed by atoms with Gasteiger partial charge in [-0.1, -0.05) is 0 Å². The van der Waals surface area contributed by atoms with Gasteiger partial charge in [-0.3, -0.25) is 9.48 Å². The van der Waals surface area contributed by atoms with Gasteiger partial charge in [0.25, 0.3) is 0 Å². The van der Waals surface area contributed by atoms with E-state index in [1.54, 1.807) is 11.0 Å². The number of hydrogen-bond donors (Lipinski definition) is 1. The van der Waals surface area contributed by atoms with Gasteiger partial charge in [0.1, 0.15) is 24.2 Å². The number of hydrogen-bond acceptors (Lipinski definition) is 4. The Kier molecular flexibility index (Phi) is 4.72. The Morgan fingerprint density at radius 2 is 2.37 bits per heavy atom. The Morgan fingerprint density at radius 3 is 3.05 bits per heavy atom. The minimum absolute atomic E-state index is 0.0587. The first-order chi connectivity index (χ1) is 9.24. The zero-order valence-corrected chi connectivity index (χ0v) is 11.0. The van der Waals surface area contributed by atoms with Crippen LogP contribution in [0.15, 0.2) is 29.2 Å². The van der Waals surface area contributed by atoms with E-state index in [-0.39, 0.29) is 5.91 Å². The molecule has 2 rings (SSSR count). The third-order valence-corrected chi connectivity index (χ3v) is 2.75. The van der Waals surface area contributed by atoms with Crippen LogP contribution in [0.3, 0.4) is 0 Å². The topological polar surface area (TPSA) is 73.0 Å². The number of aryl methyl sites for hydroxylation is 2. The highest BCUT2D eigenvalue weighted by atomic mass is 16.3. The van der Waals surface area contributed by atoms with Crippen molar-refractivity contribution < 1.29 is 9.21 Å². The summed E-state index contributed by atoms with van der Waals surface area (Å²) in [6.45, 7) is 3.23. The van der Waals surface area contributed by atoms with E-state index in [0.29, 0.717) is 19.5 Å². The average Bonchev–Trinajstić information content (AvgIpc) is 3.01. The third-order valence-electron chi connectivity index (χ3n) is 2.75. The van der Waals surface area contributed by atoms with Crippen molar-refractivity contribution in [3.8, 4) is 0 Å². The van der Waals surface area contributed by atoms with Gasteiger partial charge in [0, 0.05) is 25.9 Å². The third kappa shape index (κ3) is 4.57. The molecule has 0 aliphatic carbocycles. The number of nitrogens with one attached hydrogen (secondary N) is 1. The van der Waals surface area contributed by atoms with E-state index < -0.39 is 0 Å². The molecule has 0 aliphatic rings. The molecule has 1 N–H and O–H groups in total. The van der Waals surface area contributed by atoms with Crippen LogP contribution in [0, 0.1) is 6.92 Å². The van der Waals surface area contributed by atoms with Gasteiger partial charge < -0.3 is 9.73 Å². The molecule has 6 heteroatoms.